The van der Waals surface area contributed by atoms with E-state index in [0.717, 1.165) is 67.2 Å². The highest BCUT2D eigenvalue weighted by Crippen LogP contribution is 2.39. The van der Waals surface area contributed by atoms with E-state index in [9.17, 15) is 29.1 Å². The molecule has 5 aliphatic carbocycles. The molecule has 0 heterocycles. The molecular weight excluding hydrogens is 1110 g/mol. The van der Waals surface area contributed by atoms with Crippen LogP contribution < -0.4 is 27.0 Å². The standard InChI is InChI=1S/C17H25NO3.C15H21NO3.C15H19NO3.C15H21NO2.C10H13N/c1-5-20-15-11-10-14(12-8-6-7-9-13(12)15)18-16(19)21-17(2,3)4;2*1-15(2,3)19-14(18)16-12-8-9-13(17)11-7-5-4-6-10(11)12;1-15(2,3)18-14(17)16-13-10-6-8-11-7-4-5-9-12(11)13;11-10-7-3-5-8-4-1-2-6-9(8)10/h6-9,14-15H,5,10-11H2,1-4H3,(H,18,19);4-7,12-13,17H,8-9H2,1-3H3,(H,16,18);4-7,12H,8-9H2,1-3H3,(H,16,18);4-5,7,9,13H,6,8,10H2,1-3H3,(H,16,17);1-2,4,6,10H,3,5,7,11H2/t14-,15-;12-,13-;12-;13-;10-/m00000/s1. The molecule has 16 nitrogen and oxygen atoms in total. The third kappa shape index (κ3) is 22.4. The maximum Gasteiger partial charge on any atom is 0.408 e. The lowest BCUT2D eigenvalue weighted by Crippen LogP contribution is -2.36. The molecule has 0 fully saturated rings. The molecule has 0 aromatic heterocycles. The topological polar surface area (TPSA) is 226 Å². The van der Waals surface area contributed by atoms with Crippen LogP contribution in [0.3, 0.4) is 0 Å². The van der Waals surface area contributed by atoms with E-state index in [1.54, 1.807) is 6.07 Å². The number of benzene rings is 5. The summed E-state index contributed by atoms with van der Waals surface area (Å²) in [7, 11) is 0. The number of alkyl carbamates (subject to hydrolysis) is 4. The monoisotopic (exact) mass is 1210 g/mol. The number of rotatable bonds is 6. The van der Waals surface area contributed by atoms with Gasteiger partial charge in [0.25, 0.3) is 0 Å². The lowest BCUT2D eigenvalue weighted by atomic mass is 9.85. The van der Waals surface area contributed by atoms with E-state index in [1.807, 2.05) is 151 Å². The summed E-state index contributed by atoms with van der Waals surface area (Å²) in [6.45, 7) is 24.9. The number of amides is 4. The SMILES string of the molecule is CC(C)(C)OC(=O)N[C@H]1CCC(=O)c2ccccc21.CC(C)(C)OC(=O)N[C@H]1CCCc2ccccc21.CC(C)(C)OC(=O)N[C@H]1CC[C@H](O)c2ccccc21.CCO[C@H]1CC[C@H](NC(=O)OC(C)(C)C)c2ccccc21.N[C@H]1CCCc2ccccc21. The van der Waals surface area contributed by atoms with Gasteiger partial charge in [0.05, 0.1) is 36.4 Å². The second-order valence-electron chi connectivity index (χ2n) is 27.0. The fourth-order valence-corrected chi connectivity index (χ4v) is 11.5. The molecule has 16 heteroatoms. The number of nitrogens with one attached hydrogen (secondary N) is 4. The molecule has 0 aliphatic heterocycles. The first-order valence-corrected chi connectivity index (χ1v) is 31.5. The van der Waals surface area contributed by atoms with Crippen molar-refractivity contribution in [2.75, 3.05) is 6.61 Å². The predicted molar refractivity (Wildman–Crippen MR) is 345 cm³/mol. The Balaban J connectivity index is 0.000000177. The Morgan fingerprint density at radius 3 is 1.27 bits per heavy atom. The van der Waals surface area contributed by atoms with Crippen LogP contribution in [0, 0.1) is 0 Å². The number of fused-ring (bicyclic) bond motifs is 5. The van der Waals surface area contributed by atoms with Gasteiger partial charge in [0.1, 0.15) is 22.4 Å². The molecule has 5 aromatic rings. The van der Waals surface area contributed by atoms with E-state index >= 15 is 0 Å². The van der Waals surface area contributed by atoms with Crippen LogP contribution in [-0.4, -0.2) is 64.3 Å². The minimum absolute atomic E-state index is 0.00671. The number of ether oxygens (including phenoxy) is 5. The van der Waals surface area contributed by atoms with Crippen LogP contribution in [0.4, 0.5) is 19.2 Å². The number of hydrogen-bond acceptors (Lipinski definition) is 12. The summed E-state index contributed by atoms with van der Waals surface area (Å²) in [4.78, 5) is 59.2. The molecule has 0 unspecified atom stereocenters. The van der Waals surface area contributed by atoms with Gasteiger partial charge in [0.2, 0.25) is 0 Å². The van der Waals surface area contributed by atoms with E-state index in [2.05, 4.69) is 75.9 Å². The molecule has 10 rings (SSSR count). The highest BCUT2D eigenvalue weighted by molar-refractivity contribution is 5.99. The smallest absolute Gasteiger partial charge is 0.408 e. The molecule has 0 bridgehead atoms. The average molecular weight is 1210 g/mol. The summed E-state index contributed by atoms with van der Waals surface area (Å²) in [6.07, 6.45) is 9.16. The van der Waals surface area contributed by atoms with Crippen LogP contribution >= 0.6 is 0 Å². The zero-order valence-electron chi connectivity index (χ0n) is 54.4. The second kappa shape index (κ2) is 31.8. The zero-order chi connectivity index (χ0) is 64.4. The molecule has 7 atom stereocenters. The maximum atomic E-state index is 12.0. The first kappa shape index (κ1) is 69.8. The van der Waals surface area contributed by atoms with Crippen LogP contribution in [-0.2, 0) is 36.5 Å². The first-order valence-electron chi connectivity index (χ1n) is 31.5. The summed E-state index contributed by atoms with van der Waals surface area (Å²) in [5.74, 6) is 0.137. The van der Waals surface area contributed by atoms with E-state index in [1.165, 1.54) is 40.7 Å². The fourth-order valence-electron chi connectivity index (χ4n) is 11.5. The number of carbonyl (C=O) groups is 5. The van der Waals surface area contributed by atoms with Gasteiger partial charge in [-0.1, -0.05) is 121 Å². The van der Waals surface area contributed by atoms with Crippen LogP contribution in [0.25, 0.3) is 0 Å². The van der Waals surface area contributed by atoms with Crippen molar-refractivity contribution in [3.63, 3.8) is 0 Å². The number of hydrogen-bond donors (Lipinski definition) is 6. The number of aryl methyl sites for hydroxylation is 2. The van der Waals surface area contributed by atoms with Crippen molar-refractivity contribution in [2.45, 2.75) is 232 Å². The first-order chi connectivity index (χ1) is 41.5. The Labute approximate surface area is 523 Å². The van der Waals surface area contributed by atoms with Crippen molar-refractivity contribution in [3.05, 3.63) is 177 Å². The Kier molecular flexibility index (Phi) is 25.2. The normalized spacial score (nSPS) is 20.8. The van der Waals surface area contributed by atoms with Crippen LogP contribution in [0.1, 0.15) is 257 Å². The molecule has 4 amide bonds. The Bertz CT molecular complexity index is 3100. The summed E-state index contributed by atoms with van der Waals surface area (Å²) < 4.78 is 27.0. The van der Waals surface area contributed by atoms with Crippen molar-refractivity contribution in [3.8, 4) is 0 Å². The molecule has 88 heavy (non-hydrogen) atoms. The van der Waals surface area contributed by atoms with Gasteiger partial charge in [-0.05, 0) is 211 Å². The van der Waals surface area contributed by atoms with Crippen LogP contribution in [0.2, 0.25) is 0 Å². The second-order valence-corrected chi connectivity index (χ2v) is 27.0. The highest BCUT2D eigenvalue weighted by atomic mass is 16.6. The summed E-state index contributed by atoms with van der Waals surface area (Å²) in [5, 5.41) is 21.6. The molecule has 0 saturated heterocycles. The van der Waals surface area contributed by atoms with E-state index in [0.29, 0.717) is 37.5 Å². The van der Waals surface area contributed by atoms with E-state index < -0.39 is 40.7 Å². The van der Waals surface area contributed by atoms with E-state index in [-0.39, 0.29) is 48.2 Å². The predicted octanol–water partition coefficient (Wildman–Crippen LogP) is 16.0. The summed E-state index contributed by atoms with van der Waals surface area (Å²) in [6, 6.07) is 40.2. The van der Waals surface area contributed by atoms with Crippen molar-refractivity contribution >= 4 is 30.2 Å². The molecule has 0 saturated carbocycles. The number of aliphatic hydroxyl groups is 1. The van der Waals surface area contributed by atoms with Gasteiger partial charge in [0, 0.05) is 24.6 Å². The third-order valence-electron chi connectivity index (χ3n) is 15.1. The molecular formula is C72H99N5O11. The number of Topliss-reactive ketones (excluding diaryl/α,β-unsaturated/α-hetero) is 1. The molecule has 478 valence electrons. The minimum Gasteiger partial charge on any atom is -0.444 e. The Morgan fingerprint density at radius 1 is 0.432 bits per heavy atom. The van der Waals surface area contributed by atoms with Gasteiger partial charge in [-0.3, -0.25) is 4.79 Å². The highest BCUT2D eigenvalue weighted by Gasteiger charge is 2.32. The minimum atomic E-state index is -0.520. The molecule has 5 aromatic carbocycles. The van der Waals surface area contributed by atoms with E-state index in [4.69, 9.17) is 29.4 Å². The largest absolute Gasteiger partial charge is 0.444 e. The Morgan fingerprint density at radius 2 is 0.795 bits per heavy atom. The number of aliphatic hydroxyl groups excluding tert-OH is 1. The van der Waals surface area contributed by atoms with Crippen molar-refractivity contribution in [1.29, 1.82) is 0 Å². The molecule has 0 radical (unpaired) electrons. The van der Waals surface area contributed by atoms with Gasteiger partial charge in [-0.15, -0.1) is 0 Å². The number of carbonyl (C=O) groups excluding carboxylic acids is 5. The van der Waals surface area contributed by atoms with Crippen molar-refractivity contribution < 1.29 is 52.8 Å². The van der Waals surface area contributed by atoms with Gasteiger partial charge in [-0.25, -0.2) is 19.2 Å². The summed E-state index contributed by atoms with van der Waals surface area (Å²) >= 11 is 0. The van der Waals surface area contributed by atoms with Crippen molar-refractivity contribution in [2.24, 2.45) is 5.73 Å². The summed E-state index contributed by atoms with van der Waals surface area (Å²) in [5.41, 5.74) is 15.1. The zero-order valence-corrected chi connectivity index (χ0v) is 54.4. The van der Waals surface area contributed by atoms with Crippen LogP contribution in [0.5, 0.6) is 0 Å². The van der Waals surface area contributed by atoms with Gasteiger partial charge >= 0.3 is 24.4 Å². The average Bonchev–Trinajstić information content (AvgIpc) is 2.25. The van der Waals surface area contributed by atoms with Gasteiger partial charge in [-0.2, -0.15) is 0 Å². The lowest BCUT2D eigenvalue weighted by Gasteiger charge is -2.32. The molecule has 7 N–H and O–H groups in total. The maximum absolute atomic E-state index is 12.0. The van der Waals surface area contributed by atoms with Gasteiger partial charge in [0.15, 0.2) is 5.78 Å². The third-order valence-corrected chi connectivity index (χ3v) is 15.1. The van der Waals surface area contributed by atoms with Crippen LogP contribution in [0.15, 0.2) is 121 Å². The Hall–Kier alpha value is -7.27. The number of nitrogens with two attached hydrogens (primary N) is 1. The molecule has 5 aliphatic rings. The quantitative estimate of drug-likeness (QED) is 0.0873. The van der Waals surface area contributed by atoms with Gasteiger partial charge < -0.3 is 55.8 Å². The molecule has 0 spiro atoms. The van der Waals surface area contributed by atoms with Crippen molar-refractivity contribution in [1.82, 2.24) is 21.3 Å². The fraction of sp³-hybridized carbons (Fsp3) is 0.514. The number of ketones is 1. The lowest BCUT2D eigenvalue weighted by molar-refractivity contribution is 0.0373.